The third-order valence-electron chi connectivity index (χ3n) is 4.88. The summed E-state index contributed by atoms with van der Waals surface area (Å²) in [5, 5.41) is 3.30. The molecule has 1 amide bonds. The van der Waals surface area contributed by atoms with Crippen LogP contribution in [0.5, 0.6) is 0 Å². The first-order valence-electron chi connectivity index (χ1n) is 8.74. The van der Waals surface area contributed by atoms with E-state index in [0.29, 0.717) is 0 Å². The van der Waals surface area contributed by atoms with E-state index in [1.54, 1.807) is 0 Å². The highest BCUT2D eigenvalue weighted by Crippen LogP contribution is 2.25. The first kappa shape index (κ1) is 16.7. The molecule has 1 fully saturated rings. The smallest absolute Gasteiger partial charge is 0.223 e. The molecule has 1 N–H and O–H groups in total. The van der Waals surface area contributed by atoms with Crippen LogP contribution in [0.3, 0.4) is 0 Å². The van der Waals surface area contributed by atoms with E-state index in [1.165, 1.54) is 5.56 Å². The maximum absolute atomic E-state index is 12.8. The van der Waals surface area contributed by atoms with Gasteiger partial charge in [0.25, 0.3) is 0 Å². The van der Waals surface area contributed by atoms with Crippen LogP contribution in [0.2, 0.25) is 0 Å². The number of carbonyl (C=O) groups excluding carboxylic acids is 1. The second kappa shape index (κ2) is 7.63. The van der Waals surface area contributed by atoms with Crippen LogP contribution in [-0.4, -0.2) is 30.9 Å². The molecule has 1 heterocycles. The van der Waals surface area contributed by atoms with Crippen molar-refractivity contribution < 1.29 is 4.79 Å². The number of hydrogen-bond donors (Lipinski definition) is 1. The SMILES string of the molecule is Cc1cccc(C(NC(=O)C2CCN(C)CC2)c2ccccc2)c1. The minimum atomic E-state index is -0.0849. The maximum atomic E-state index is 12.8. The molecule has 0 aliphatic carbocycles. The molecule has 2 aromatic carbocycles. The normalized spacial score (nSPS) is 17.4. The van der Waals surface area contributed by atoms with Crippen LogP contribution in [0.4, 0.5) is 0 Å². The topological polar surface area (TPSA) is 32.3 Å². The molecule has 1 aliphatic heterocycles. The van der Waals surface area contributed by atoms with E-state index < -0.39 is 0 Å². The number of piperidine rings is 1. The van der Waals surface area contributed by atoms with Gasteiger partial charge in [-0.1, -0.05) is 60.2 Å². The fourth-order valence-corrected chi connectivity index (χ4v) is 3.39. The van der Waals surface area contributed by atoms with Crippen molar-refractivity contribution in [2.75, 3.05) is 20.1 Å². The molecule has 0 saturated carbocycles. The molecule has 0 aromatic heterocycles. The van der Waals surface area contributed by atoms with Crippen molar-refractivity contribution >= 4 is 5.91 Å². The van der Waals surface area contributed by atoms with Crippen molar-refractivity contribution in [3.63, 3.8) is 0 Å². The van der Waals surface area contributed by atoms with E-state index >= 15 is 0 Å². The Balaban J connectivity index is 1.81. The van der Waals surface area contributed by atoms with E-state index in [9.17, 15) is 4.79 Å². The van der Waals surface area contributed by atoms with Crippen LogP contribution in [0.1, 0.15) is 35.6 Å². The maximum Gasteiger partial charge on any atom is 0.223 e. The van der Waals surface area contributed by atoms with Gasteiger partial charge in [-0.25, -0.2) is 0 Å². The Morgan fingerprint density at radius 3 is 2.38 bits per heavy atom. The molecular formula is C21H26N2O. The summed E-state index contributed by atoms with van der Waals surface area (Å²) in [4.78, 5) is 15.1. The minimum Gasteiger partial charge on any atom is -0.345 e. The number of likely N-dealkylation sites (tertiary alicyclic amines) is 1. The van der Waals surface area contributed by atoms with Crippen LogP contribution in [-0.2, 0) is 4.79 Å². The van der Waals surface area contributed by atoms with Gasteiger partial charge in [-0.15, -0.1) is 0 Å². The molecule has 0 radical (unpaired) electrons. The molecular weight excluding hydrogens is 296 g/mol. The Morgan fingerprint density at radius 1 is 1.04 bits per heavy atom. The summed E-state index contributed by atoms with van der Waals surface area (Å²) >= 11 is 0. The lowest BCUT2D eigenvalue weighted by molar-refractivity contribution is -0.126. The molecule has 126 valence electrons. The van der Waals surface area contributed by atoms with E-state index in [4.69, 9.17) is 0 Å². The third-order valence-corrected chi connectivity index (χ3v) is 4.88. The summed E-state index contributed by atoms with van der Waals surface area (Å²) in [6.45, 7) is 4.08. The number of rotatable bonds is 4. The number of nitrogens with one attached hydrogen (secondary N) is 1. The standard InChI is InChI=1S/C21H26N2O/c1-16-7-6-10-19(15-16)20(17-8-4-3-5-9-17)22-21(24)18-11-13-23(2)14-12-18/h3-10,15,18,20H,11-14H2,1-2H3,(H,22,24). The second-order valence-electron chi connectivity index (χ2n) is 6.84. The summed E-state index contributed by atoms with van der Waals surface area (Å²) in [5.74, 6) is 0.302. The minimum absolute atomic E-state index is 0.0849. The fourth-order valence-electron chi connectivity index (χ4n) is 3.39. The Kier molecular flexibility index (Phi) is 5.31. The van der Waals surface area contributed by atoms with E-state index in [1.807, 2.05) is 18.2 Å². The predicted molar refractivity (Wildman–Crippen MR) is 97.8 cm³/mol. The van der Waals surface area contributed by atoms with Crippen LogP contribution in [0.15, 0.2) is 54.6 Å². The number of carbonyl (C=O) groups is 1. The lowest BCUT2D eigenvalue weighted by Gasteiger charge is -2.30. The number of benzene rings is 2. The predicted octanol–water partition coefficient (Wildman–Crippen LogP) is 3.54. The van der Waals surface area contributed by atoms with Gasteiger partial charge in [0.1, 0.15) is 0 Å². The number of amides is 1. The fraction of sp³-hybridized carbons (Fsp3) is 0.381. The average molecular weight is 322 g/mol. The molecule has 24 heavy (non-hydrogen) atoms. The Hall–Kier alpha value is -2.13. The number of nitrogens with zero attached hydrogens (tertiary/aromatic N) is 1. The first-order valence-corrected chi connectivity index (χ1v) is 8.74. The molecule has 1 saturated heterocycles. The molecule has 3 rings (SSSR count). The molecule has 0 bridgehead atoms. The van der Waals surface area contributed by atoms with Gasteiger partial charge in [-0.2, -0.15) is 0 Å². The van der Waals surface area contributed by atoms with Crippen LogP contribution in [0, 0.1) is 12.8 Å². The summed E-state index contributed by atoms with van der Waals surface area (Å²) in [6, 6.07) is 18.6. The summed E-state index contributed by atoms with van der Waals surface area (Å²) < 4.78 is 0. The quantitative estimate of drug-likeness (QED) is 0.934. The summed E-state index contributed by atoms with van der Waals surface area (Å²) in [7, 11) is 2.12. The lowest BCUT2D eigenvalue weighted by atomic mass is 9.93. The zero-order valence-electron chi connectivity index (χ0n) is 14.5. The highest BCUT2D eigenvalue weighted by molar-refractivity contribution is 5.79. The van der Waals surface area contributed by atoms with Crippen LogP contribution in [0.25, 0.3) is 0 Å². The van der Waals surface area contributed by atoms with E-state index in [-0.39, 0.29) is 17.9 Å². The summed E-state index contributed by atoms with van der Waals surface area (Å²) in [6.07, 6.45) is 1.88. The summed E-state index contributed by atoms with van der Waals surface area (Å²) in [5.41, 5.74) is 3.48. The molecule has 0 spiro atoms. The molecule has 2 aromatic rings. The van der Waals surface area contributed by atoms with E-state index in [2.05, 4.69) is 60.6 Å². The Bertz CT molecular complexity index is 675. The third kappa shape index (κ3) is 4.04. The Labute approximate surface area is 144 Å². The van der Waals surface area contributed by atoms with Crippen molar-refractivity contribution in [1.82, 2.24) is 10.2 Å². The highest BCUT2D eigenvalue weighted by atomic mass is 16.1. The van der Waals surface area contributed by atoms with Gasteiger partial charge in [-0.3, -0.25) is 4.79 Å². The monoisotopic (exact) mass is 322 g/mol. The Morgan fingerprint density at radius 2 is 1.71 bits per heavy atom. The zero-order chi connectivity index (χ0) is 16.9. The van der Waals surface area contributed by atoms with Crippen molar-refractivity contribution in [1.29, 1.82) is 0 Å². The molecule has 1 atom stereocenters. The molecule has 3 heteroatoms. The van der Waals surface area contributed by atoms with Gasteiger partial charge in [0.15, 0.2) is 0 Å². The largest absolute Gasteiger partial charge is 0.345 e. The second-order valence-corrected chi connectivity index (χ2v) is 6.84. The van der Waals surface area contributed by atoms with Gasteiger partial charge in [0.2, 0.25) is 5.91 Å². The van der Waals surface area contributed by atoms with E-state index in [0.717, 1.165) is 37.1 Å². The van der Waals surface area contributed by atoms with Crippen molar-refractivity contribution in [3.8, 4) is 0 Å². The first-order chi connectivity index (χ1) is 11.6. The van der Waals surface area contributed by atoms with Gasteiger partial charge < -0.3 is 10.2 Å². The van der Waals surface area contributed by atoms with Crippen molar-refractivity contribution in [2.24, 2.45) is 5.92 Å². The van der Waals surface area contributed by atoms with Crippen molar-refractivity contribution in [3.05, 3.63) is 71.3 Å². The molecule has 1 aliphatic rings. The lowest BCUT2D eigenvalue weighted by Crippen LogP contribution is -2.40. The molecule has 3 nitrogen and oxygen atoms in total. The highest BCUT2D eigenvalue weighted by Gasteiger charge is 2.26. The van der Waals surface area contributed by atoms with Crippen LogP contribution < -0.4 is 5.32 Å². The van der Waals surface area contributed by atoms with Crippen LogP contribution >= 0.6 is 0 Å². The van der Waals surface area contributed by atoms with Gasteiger partial charge in [0, 0.05) is 5.92 Å². The molecule has 1 unspecified atom stereocenters. The van der Waals surface area contributed by atoms with Gasteiger partial charge in [-0.05, 0) is 51.0 Å². The van der Waals surface area contributed by atoms with Gasteiger partial charge in [0.05, 0.1) is 6.04 Å². The zero-order valence-corrected chi connectivity index (χ0v) is 14.5. The van der Waals surface area contributed by atoms with Gasteiger partial charge >= 0.3 is 0 Å². The number of aryl methyl sites for hydroxylation is 1. The van der Waals surface area contributed by atoms with Crippen molar-refractivity contribution in [2.45, 2.75) is 25.8 Å². The average Bonchev–Trinajstić information content (AvgIpc) is 2.61. The number of hydrogen-bond acceptors (Lipinski definition) is 2.